The van der Waals surface area contributed by atoms with Crippen molar-refractivity contribution in [2.24, 2.45) is 0 Å². The molecule has 20 heavy (non-hydrogen) atoms. The number of rotatable bonds is 4. The number of anilines is 1. The molecule has 1 aliphatic rings. The molecule has 5 nitrogen and oxygen atoms in total. The number of nitrogens with zero attached hydrogens (tertiary/aromatic N) is 3. The van der Waals surface area contributed by atoms with Crippen molar-refractivity contribution in [1.82, 2.24) is 14.8 Å². The number of benzene rings is 1. The Labute approximate surface area is 118 Å². The first-order valence-electron chi connectivity index (χ1n) is 7.04. The van der Waals surface area contributed by atoms with E-state index in [0.29, 0.717) is 12.4 Å². The highest BCUT2D eigenvalue weighted by Crippen LogP contribution is 2.23. The Balaban J connectivity index is 1.67. The Morgan fingerprint density at radius 1 is 1.35 bits per heavy atom. The molecule has 1 amide bonds. The maximum atomic E-state index is 12.1. The lowest BCUT2D eigenvalue weighted by atomic mass is 10.0. The van der Waals surface area contributed by atoms with Crippen molar-refractivity contribution in [1.29, 1.82) is 0 Å². The van der Waals surface area contributed by atoms with Gasteiger partial charge in [-0.05, 0) is 42.9 Å². The molecule has 1 N–H and O–H groups in total. The van der Waals surface area contributed by atoms with E-state index in [0.717, 1.165) is 18.5 Å². The predicted molar refractivity (Wildman–Crippen MR) is 76.5 cm³/mol. The van der Waals surface area contributed by atoms with E-state index >= 15 is 0 Å². The molecule has 1 aromatic carbocycles. The Kier molecular flexibility index (Phi) is 3.50. The van der Waals surface area contributed by atoms with Crippen molar-refractivity contribution in [3.05, 3.63) is 41.2 Å². The van der Waals surface area contributed by atoms with Crippen LogP contribution in [0.3, 0.4) is 0 Å². The van der Waals surface area contributed by atoms with Crippen LogP contribution in [0, 0.1) is 0 Å². The summed E-state index contributed by atoms with van der Waals surface area (Å²) in [6.07, 6.45) is 5.52. The number of fused-ring (bicyclic) bond motifs is 1. The van der Waals surface area contributed by atoms with Gasteiger partial charge >= 0.3 is 0 Å². The van der Waals surface area contributed by atoms with Crippen LogP contribution in [-0.2, 0) is 30.6 Å². The van der Waals surface area contributed by atoms with E-state index in [2.05, 4.69) is 27.6 Å². The lowest BCUT2D eigenvalue weighted by Gasteiger charge is -2.07. The van der Waals surface area contributed by atoms with Crippen LogP contribution in [-0.4, -0.2) is 20.7 Å². The minimum Gasteiger partial charge on any atom is -0.300 e. The molecule has 1 aliphatic carbocycles. The summed E-state index contributed by atoms with van der Waals surface area (Å²) in [7, 11) is 0. The molecule has 5 heteroatoms. The quantitative estimate of drug-likeness (QED) is 0.924. The monoisotopic (exact) mass is 270 g/mol. The fourth-order valence-electron chi connectivity index (χ4n) is 2.67. The molecule has 1 aromatic heterocycles. The second-order valence-corrected chi connectivity index (χ2v) is 5.12. The second-order valence-electron chi connectivity index (χ2n) is 5.12. The maximum absolute atomic E-state index is 12.1. The molecule has 3 rings (SSSR count). The summed E-state index contributed by atoms with van der Waals surface area (Å²) >= 11 is 0. The summed E-state index contributed by atoms with van der Waals surface area (Å²) in [5, 5.41) is 10.5. The summed E-state index contributed by atoms with van der Waals surface area (Å²) in [6.45, 7) is 2.72. The molecule has 0 fully saturated rings. The summed E-state index contributed by atoms with van der Waals surface area (Å²) in [4.78, 5) is 12.1. The fraction of sp³-hybridized carbons (Fsp3) is 0.400. The van der Waals surface area contributed by atoms with Gasteiger partial charge in [0.05, 0.1) is 6.42 Å². The number of carbonyl (C=O) groups excluding carboxylic acids is 1. The Hall–Kier alpha value is -2.17. The zero-order valence-electron chi connectivity index (χ0n) is 11.6. The average Bonchev–Trinajstić information content (AvgIpc) is 3.06. The third-order valence-corrected chi connectivity index (χ3v) is 3.74. The van der Waals surface area contributed by atoms with Gasteiger partial charge in [0.2, 0.25) is 11.9 Å². The first kappa shape index (κ1) is 12.8. The van der Waals surface area contributed by atoms with Crippen LogP contribution in [0.1, 0.15) is 30.0 Å². The SMILES string of the molecule is CCn1cnnc1NC(=O)Cc1ccc2c(c1)CCC2. The zero-order valence-corrected chi connectivity index (χ0v) is 11.6. The highest BCUT2D eigenvalue weighted by atomic mass is 16.1. The molecule has 0 bridgehead atoms. The topological polar surface area (TPSA) is 59.8 Å². The number of aromatic nitrogens is 3. The van der Waals surface area contributed by atoms with E-state index in [-0.39, 0.29) is 5.91 Å². The standard InChI is InChI=1S/C15H18N4O/c1-2-19-10-16-18-15(19)17-14(20)9-11-6-7-12-4-3-5-13(12)8-11/h6-8,10H,2-5,9H2,1H3,(H,17,18,20). The van der Waals surface area contributed by atoms with Crippen molar-refractivity contribution >= 4 is 11.9 Å². The van der Waals surface area contributed by atoms with Crippen molar-refractivity contribution < 1.29 is 4.79 Å². The van der Waals surface area contributed by atoms with E-state index < -0.39 is 0 Å². The zero-order chi connectivity index (χ0) is 13.9. The molecule has 0 spiro atoms. The summed E-state index contributed by atoms with van der Waals surface area (Å²) < 4.78 is 1.81. The third-order valence-electron chi connectivity index (χ3n) is 3.74. The average molecular weight is 270 g/mol. The van der Waals surface area contributed by atoms with Crippen molar-refractivity contribution in [2.75, 3.05) is 5.32 Å². The van der Waals surface area contributed by atoms with Gasteiger partial charge in [0.15, 0.2) is 0 Å². The molecule has 104 valence electrons. The molecule has 0 saturated carbocycles. The predicted octanol–water partition coefficient (Wildman–Crippen LogP) is 1.97. The molecule has 0 saturated heterocycles. The van der Waals surface area contributed by atoms with Gasteiger partial charge in [0, 0.05) is 6.54 Å². The normalized spacial score (nSPS) is 13.2. The lowest BCUT2D eigenvalue weighted by Crippen LogP contribution is -2.17. The van der Waals surface area contributed by atoms with Gasteiger partial charge in [-0.15, -0.1) is 10.2 Å². The molecule has 1 heterocycles. The Bertz CT molecular complexity index is 633. The smallest absolute Gasteiger partial charge is 0.231 e. The van der Waals surface area contributed by atoms with Crippen LogP contribution in [0.4, 0.5) is 5.95 Å². The van der Waals surface area contributed by atoms with Crippen molar-refractivity contribution in [2.45, 2.75) is 39.2 Å². The van der Waals surface area contributed by atoms with Crippen LogP contribution in [0.2, 0.25) is 0 Å². The minimum atomic E-state index is -0.0503. The molecule has 0 unspecified atom stereocenters. The first-order chi connectivity index (χ1) is 9.76. The third kappa shape index (κ3) is 2.57. The Morgan fingerprint density at radius 2 is 2.20 bits per heavy atom. The number of amides is 1. The van der Waals surface area contributed by atoms with Crippen LogP contribution in [0.25, 0.3) is 0 Å². The van der Waals surface area contributed by atoms with Crippen LogP contribution in [0.15, 0.2) is 24.5 Å². The van der Waals surface area contributed by atoms with E-state index in [9.17, 15) is 4.79 Å². The van der Waals surface area contributed by atoms with Gasteiger partial charge in [-0.1, -0.05) is 18.2 Å². The molecular weight excluding hydrogens is 252 g/mol. The molecular formula is C15H18N4O. The van der Waals surface area contributed by atoms with Gasteiger partial charge in [0.25, 0.3) is 0 Å². The van der Waals surface area contributed by atoms with Gasteiger partial charge in [-0.25, -0.2) is 0 Å². The maximum Gasteiger partial charge on any atom is 0.231 e. The van der Waals surface area contributed by atoms with Crippen LogP contribution >= 0.6 is 0 Å². The number of nitrogens with one attached hydrogen (secondary N) is 1. The highest BCUT2D eigenvalue weighted by molar-refractivity contribution is 5.90. The van der Waals surface area contributed by atoms with Crippen LogP contribution < -0.4 is 5.32 Å². The van der Waals surface area contributed by atoms with Crippen molar-refractivity contribution in [3.63, 3.8) is 0 Å². The highest BCUT2D eigenvalue weighted by Gasteiger charge is 2.13. The van der Waals surface area contributed by atoms with E-state index in [1.807, 2.05) is 13.0 Å². The fourth-order valence-corrected chi connectivity index (χ4v) is 2.67. The number of hydrogen-bond acceptors (Lipinski definition) is 3. The van der Waals surface area contributed by atoms with Gasteiger partial charge in [0.1, 0.15) is 6.33 Å². The number of carbonyl (C=O) groups is 1. The van der Waals surface area contributed by atoms with Crippen molar-refractivity contribution in [3.8, 4) is 0 Å². The number of hydrogen-bond donors (Lipinski definition) is 1. The van der Waals surface area contributed by atoms with Crippen LogP contribution in [0.5, 0.6) is 0 Å². The van der Waals surface area contributed by atoms with Gasteiger partial charge in [-0.2, -0.15) is 0 Å². The van der Waals surface area contributed by atoms with E-state index in [4.69, 9.17) is 0 Å². The van der Waals surface area contributed by atoms with Gasteiger partial charge < -0.3 is 4.57 Å². The summed E-state index contributed by atoms with van der Waals surface area (Å²) in [6, 6.07) is 6.36. The molecule has 0 radical (unpaired) electrons. The van der Waals surface area contributed by atoms with E-state index in [1.165, 1.54) is 24.0 Å². The molecule has 0 atom stereocenters. The van der Waals surface area contributed by atoms with E-state index in [1.54, 1.807) is 10.9 Å². The summed E-state index contributed by atoms with van der Waals surface area (Å²) in [5.74, 6) is 0.462. The van der Waals surface area contributed by atoms with Gasteiger partial charge in [-0.3, -0.25) is 10.1 Å². The Morgan fingerprint density at radius 3 is 3.05 bits per heavy atom. The lowest BCUT2D eigenvalue weighted by molar-refractivity contribution is -0.115. The number of aryl methyl sites for hydroxylation is 3. The second kappa shape index (κ2) is 5.45. The minimum absolute atomic E-state index is 0.0503. The molecule has 2 aromatic rings. The largest absolute Gasteiger partial charge is 0.300 e. The summed E-state index contributed by atoms with van der Waals surface area (Å²) in [5.41, 5.74) is 3.89. The molecule has 0 aliphatic heterocycles. The first-order valence-corrected chi connectivity index (χ1v) is 7.04.